The van der Waals surface area contributed by atoms with Crippen molar-refractivity contribution in [1.29, 1.82) is 0 Å². The van der Waals surface area contributed by atoms with Gasteiger partial charge < -0.3 is 5.11 Å². The summed E-state index contributed by atoms with van der Waals surface area (Å²) in [6.45, 7) is 0. The smallest absolute Gasteiger partial charge is 0.0952 e. The highest BCUT2D eigenvalue weighted by Crippen LogP contribution is 2.57. The van der Waals surface area contributed by atoms with Gasteiger partial charge in [0, 0.05) is 5.02 Å². The van der Waals surface area contributed by atoms with Gasteiger partial charge in [0.25, 0.3) is 0 Å². The maximum Gasteiger partial charge on any atom is 0.0952 e. The van der Waals surface area contributed by atoms with Crippen LogP contribution in [0.3, 0.4) is 0 Å². The van der Waals surface area contributed by atoms with E-state index in [1.165, 1.54) is 25.7 Å². The van der Waals surface area contributed by atoms with Crippen LogP contribution >= 0.6 is 11.6 Å². The van der Waals surface area contributed by atoms with Crippen LogP contribution in [0.4, 0.5) is 0 Å². The molecule has 15 heavy (non-hydrogen) atoms. The van der Waals surface area contributed by atoms with E-state index in [0.29, 0.717) is 11.8 Å². The van der Waals surface area contributed by atoms with Crippen molar-refractivity contribution >= 4 is 11.6 Å². The fraction of sp³-hybridized carbons (Fsp3) is 0.538. The van der Waals surface area contributed by atoms with Gasteiger partial charge in [0.2, 0.25) is 0 Å². The Balaban J connectivity index is 1.97. The van der Waals surface area contributed by atoms with Crippen LogP contribution in [0.2, 0.25) is 5.02 Å². The average molecular weight is 223 g/mol. The van der Waals surface area contributed by atoms with Gasteiger partial charge in [-0.3, -0.25) is 0 Å². The minimum atomic E-state index is -0.551. The first-order valence-corrected chi connectivity index (χ1v) is 6.07. The first kappa shape index (κ1) is 9.68. The third-order valence-electron chi connectivity index (χ3n) is 3.71. The largest absolute Gasteiger partial charge is 0.385 e. The van der Waals surface area contributed by atoms with Gasteiger partial charge >= 0.3 is 0 Å². The highest BCUT2D eigenvalue weighted by Gasteiger charge is 2.54. The van der Waals surface area contributed by atoms with Crippen LogP contribution in [0.15, 0.2) is 24.3 Å². The molecule has 0 bridgehead atoms. The third-order valence-corrected chi connectivity index (χ3v) is 3.96. The fourth-order valence-corrected chi connectivity index (χ4v) is 2.69. The fourth-order valence-electron chi connectivity index (χ4n) is 2.57. The summed E-state index contributed by atoms with van der Waals surface area (Å²) >= 11 is 5.87. The van der Waals surface area contributed by atoms with Crippen molar-refractivity contribution in [3.05, 3.63) is 34.9 Å². The Hall–Kier alpha value is -0.530. The summed E-state index contributed by atoms with van der Waals surface area (Å²) < 4.78 is 0. The first-order valence-electron chi connectivity index (χ1n) is 5.69. The molecule has 0 heterocycles. The standard InChI is InChI=1S/C13H15ClO/c14-12-7-5-11(6-8-12)13(15,9-1-2-9)10-3-4-10/h5-10,15H,1-4H2. The van der Waals surface area contributed by atoms with E-state index >= 15 is 0 Å². The molecule has 1 N–H and O–H groups in total. The van der Waals surface area contributed by atoms with Crippen LogP contribution in [0, 0.1) is 11.8 Å². The SMILES string of the molecule is OC(c1ccc(Cl)cc1)(C1CC1)C1CC1. The average Bonchev–Trinajstić information content (AvgIpc) is 3.07. The van der Waals surface area contributed by atoms with E-state index in [1.807, 2.05) is 24.3 Å². The van der Waals surface area contributed by atoms with Crippen molar-refractivity contribution in [3.63, 3.8) is 0 Å². The molecule has 3 rings (SSSR count). The molecule has 2 aliphatic carbocycles. The van der Waals surface area contributed by atoms with Gasteiger partial charge in [0.1, 0.15) is 0 Å². The van der Waals surface area contributed by atoms with Crippen LogP contribution in [-0.2, 0) is 5.60 Å². The molecule has 0 unspecified atom stereocenters. The van der Waals surface area contributed by atoms with E-state index in [-0.39, 0.29) is 0 Å². The second kappa shape index (κ2) is 3.23. The summed E-state index contributed by atoms with van der Waals surface area (Å²) in [7, 11) is 0. The van der Waals surface area contributed by atoms with Crippen molar-refractivity contribution in [1.82, 2.24) is 0 Å². The predicted molar refractivity (Wildman–Crippen MR) is 60.8 cm³/mol. The highest BCUT2D eigenvalue weighted by atomic mass is 35.5. The molecule has 0 aromatic heterocycles. The Morgan fingerprint density at radius 1 is 1.00 bits per heavy atom. The first-order chi connectivity index (χ1) is 7.21. The van der Waals surface area contributed by atoms with E-state index in [0.717, 1.165) is 10.6 Å². The lowest BCUT2D eigenvalue weighted by molar-refractivity contribution is -0.0102. The van der Waals surface area contributed by atoms with E-state index in [4.69, 9.17) is 11.6 Å². The Kier molecular flexibility index (Phi) is 2.08. The number of rotatable bonds is 3. The molecule has 1 aromatic rings. The molecule has 0 radical (unpaired) electrons. The Bertz CT molecular complexity index is 351. The molecule has 2 heteroatoms. The molecular formula is C13H15ClO. The number of hydrogen-bond acceptors (Lipinski definition) is 1. The molecule has 2 saturated carbocycles. The lowest BCUT2D eigenvalue weighted by atomic mass is 9.84. The van der Waals surface area contributed by atoms with Gasteiger partial charge in [-0.15, -0.1) is 0 Å². The van der Waals surface area contributed by atoms with Gasteiger partial charge in [-0.05, 0) is 55.2 Å². The maximum atomic E-state index is 10.8. The van der Waals surface area contributed by atoms with Crippen molar-refractivity contribution in [2.75, 3.05) is 0 Å². The monoisotopic (exact) mass is 222 g/mol. The quantitative estimate of drug-likeness (QED) is 0.832. The van der Waals surface area contributed by atoms with E-state index in [1.54, 1.807) is 0 Å². The summed E-state index contributed by atoms with van der Waals surface area (Å²) in [6, 6.07) is 7.73. The third kappa shape index (κ3) is 1.58. The van der Waals surface area contributed by atoms with Gasteiger partial charge in [-0.25, -0.2) is 0 Å². The minimum absolute atomic E-state index is 0.492. The van der Waals surface area contributed by atoms with Crippen molar-refractivity contribution in [3.8, 4) is 0 Å². The summed E-state index contributed by atoms with van der Waals surface area (Å²) in [5, 5.41) is 11.6. The van der Waals surface area contributed by atoms with Gasteiger partial charge in [0.05, 0.1) is 5.60 Å². The second-order valence-corrected chi connectivity index (χ2v) is 5.32. The van der Waals surface area contributed by atoms with Crippen LogP contribution < -0.4 is 0 Å². The van der Waals surface area contributed by atoms with Crippen LogP contribution in [0.25, 0.3) is 0 Å². The molecule has 2 fully saturated rings. The van der Waals surface area contributed by atoms with E-state index in [9.17, 15) is 5.11 Å². The van der Waals surface area contributed by atoms with Gasteiger partial charge in [-0.2, -0.15) is 0 Å². The highest BCUT2D eigenvalue weighted by molar-refractivity contribution is 6.30. The lowest BCUT2D eigenvalue weighted by Crippen LogP contribution is -2.30. The van der Waals surface area contributed by atoms with Gasteiger partial charge in [-0.1, -0.05) is 23.7 Å². The minimum Gasteiger partial charge on any atom is -0.385 e. The molecule has 80 valence electrons. The predicted octanol–water partition coefficient (Wildman–Crippen LogP) is 3.35. The molecule has 0 amide bonds. The molecule has 0 atom stereocenters. The van der Waals surface area contributed by atoms with E-state index < -0.39 is 5.60 Å². The van der Waals surface area contributed by atoms with Crippen LogP contribution in [0.5, 0.6) is 0 Å². The summed E-state index contributed by atoms with van der Waals surface area (Å²) in [5.74, 6) is 0.984. The normalized spacial score (nSPS) is 21.7. The van der Waals surface area contributed by atoms with E-state index in [2.05, 4.69) is 0 Å². The molecule has 0 spiro atoms. The number of hydrogen-bond donors (Lipinski definition) is 1. The zero-order valence-electron chi connectivity index (χ0n) is 8.62. The Morgan fingerprint density at radius 3 is 1.87 bits per heavy atom. The molecule has 0 saturated heterocycles. The maximum absolute atomic E-state index is 10.8. The molecule has 1 nitrogen and oxygen atoms in total. The summed E-state index contributed by atoms with van der Waals surface area (Å²) in [6.07, 6.45) is 4.70. The van der Waals surface area contributed by atoms with Crippen molar-refractivity contribution in [2.24, 2.45) is 11.8 Å². The summed E-state index contributed by atoms with van der Waals surface area (Å²) in [5.41, 5.74) is 0.516. The lowest BCUT2D eigenvalue weighted by Gasteiger charge is -2.29. The molecule has 1 aromatic carbocycles. The van der Waals surface area contributed by atoms with Crippen LogP contribution in [-0.4, -0.2) is 5.11 Å². The number of halogens is 1. The number of benzene rings is 1. The molecular weight excluding hydrogens is 208 g/mol. The topological polar surface area (TPSA) is 20.2 Å². The Labute approximate surface area is 95.1 Å². The molecule has 0 aliphatic heterocycles. The van der Waals surface area contributed by atoms with Gasteiger partial charge in [0.15, 0.2) is 0 Å². The zero-order chi connectivity index (χ0) is 10.5. The summed E-state index contributed by atoms with van der Waals surface area (Å²) in [4.78, 5) is 0. The number of aliphatic hydroxyl groups is 1. The van der Waals surface area contributed by atoms with Crippen molar-refractivity contribution in [2.45, 2.75) is 31.3 Å². The van der Waals surface area contributed by atoms with Crippen molar-refractivity contribution < 1.29 is 5.11 Å². The molecule has 2 aliphatic rings. The van der Waals surface area contributed by atoms with Crippen LogP contribution in [0.1, 0.15) is 31.2 Å². The Morgan fingerprint density at radius 2 is 1.47 bits per heavy atom. The zero-order valence-corrected chi connectivity index (χ0v) is 9.37. The second-order valence-electron chi connectivity index (χ2n) is 4.88.